The second kappa shape index (κ2) is 9.04. The van der Waals surface area contributed by atoms with Gasteiger partial charge in [0.05, 0.1) is 13.5 Å². The summed E-state index contributed by atoms with van der Waals surface area (Å²) in [5, 5.41) is 12.2. The van der Waals surface area contributed by atoms with Gasteiger partial charge in [-0.2, -0.15) is 0 Å². The predicted molar refractivity (Wildman–Crippen MR) is 115 cm³/mol. The molecule has 2 amide bonds. The van der Waals surface area contributed by atoms with Crippen molar-refractivity contribution in [1.29, 1.82) is 0 Å². The Balaban J connectivity index is 1.39. The summed E-state index contributed by atoms with van der Waals surface area (Å²) in [4.78, 5) is 27.3. The molecule has 8 heteroatoms. The highest BCUT2D eigenvalue weighted by molar-refractivity contribution is 7.18. The molecule has 0 spiro atoms. The van der Waals surface area contributed by atoms with Crippen LogP contribution in [-0.4, -0.2) is 46.6 Å². The molecule has 30 heavy (non-hydrogen) atoms. The molecule has 2 heterocycles. The van der Waals surface area contributed by atoms with Crippen molar-refractivity contribution in [3.8, 4) is 16.3 Å². The first-order chi connectivity index (χ1) is 14.6. The van der Waals surface area contributed by atoms with E-state index < -0.39 is 6.04 Å². The Hall–Kier alpha value is -3.26. The molecule has 1 atom stereocenters. The Kier molecular flexibility index (Phi) is 6.04. The van der Waals surface area contributed by atoms with Gasteiger partial charge in [0.2, 0.25) is 16.9 Å². The van der Waals surface area contributed by atoms with Crippen molar-refractivity contribution in [2.75, 3.05) is 19.0 Å². The van der Waals surface area contributed by atoms with Crippen molar-refractivity contribution in [2.45, 2.75) is 25.3 Å². The fourth-order valence-electron chi connectivity index (χ4n) is 3.52. The zero-order chi connectivity index (χ0) is 20.9. The van der Waals surface area contributed by atoms with Crippen LogP contribution in [0, 0.1) is 0 Å². The highest BCUT2D eigenvalue weighted by Crippen LogP contribution is 2.27. The summed E-state index contributed by atoms with van der Waals surface area (Å²) in [6.45, 7) is 0.582. The van der Waals surface area contributed by atoms with Gasteiger partial charge in [-0.15, -0.1) is 10.2 Å². The fourth-order valence-corrected chi connectivity index (χ4v) is 4.27. The number of nitrogens with zero attached hydrogens (tertiary/aromatic N) is 3. The van der Waals surface area contributed by atoms with Crippen LogP contribution in [0.3, 0.4) is 0 Å². The van der Waals surface area contributed by atoms with Crippen molar-refractivity contribution < 1.29 is 14.3 Å². The molecule has 1 saturated heterocycles. The number of likely N-dealkylation sites (tertiary alicyclic amines) is 1. The summed E-state index contributed by atoms with van der Waals surface area (Å²) in [5.74, 6) is 0.475. The smallest absolute Gasteiger partial charge is 0.249 e. The van der Waals surface area contributed by atoms with E-state index in [4.69, 9.17) is 4.74 Å². The van der Waals surface area contributed by atoms with E-state index in [2.05, 4.69) is 15.5 Å². The van der Waals surface area contributed by atoms with Crippen molar-refractivity contribution in [3.63, 3.8) is 0 Å². The molecular formula is C22H22N4O3S. The molecule has 1 aliphatic heterocycles. The molecule has 1 fully saturated rings. The summed E-state index contributed by atoms with van der Waals surface area (Å²) in [5.41, 5.74) is 1.84. The highest BCUT2D eigenvalue weighted by Gasteiger charge is 2.34. The SMILES string of the molecule is COc1ccc(CC(=O)N2CCCC2C(=O)Nc2nnc(-c3ccccc3)s2)cc1. The number of anilines is 1. The quantitative estimate of drug-likeness (QED) is 0.658. The van der Waals surface area contributed by atoms with Gasteiger partial charge in [0, 0.05) is 12.1 Å². The Labute approximate surface area is 178 Å². The topological polar surface area (TPSA) is 84.4 Å². The van der Waals surface area contributed by atoms with E-state index in [1.807, 2.05) is 54.6 Å². The van der Waals surface area contributed by atoms with E-state index in [-0.39, 0.29) is 18.2 Å². The fraction of sp³-hybridized carbons (Fsp3) is 0.273. The molecule has 3 aromatic rings. The summed E-state index contributed by atoms with van der Waals surface area (Å²) in [6, 6.07) is 16.6. The first-order valence-corrected chi connectivity index (χ1v) is 10.6. The van der Waals surface area contributed by atoms with Gasteiger partial charge in [-0.05, 0) is 30.5 Å². The highest BCUT2D eigenvalue weighted by atomic mass is 32.1. The lowest BCUT2D eigenvalue weighted by Crippen LogP contribution is -2.43. The molecule has 1 aromatic heterocycles. The molecule has 0 radical (unpaired) electrons. The number of ether oxygens (including phenoxy) is 1. The molecule has 0 bridgehead atoms. The largest absolute Gasteiger partial charge is 0.497 e. The molecule has 1 unspecified atom stereocenters. The number of benzene rings is 2. The van der Waals surface area contributed by atoms with Gasteiger partial charge in [0.25, 0.3) is 0 Å². The van der Waals surface area contributed by atoms with E-state index in [1.165, 1.54) is 11.3 Å². The van der Waals surface area contributed by atoms with Crippen LogP contribution in [0.25, 0.3) is 10.6 Å². The third kappa shape index (κ3) is 4.49. The Morgan fingerprint density at radius 2 is 1.90 bits per heavy atom. The molecule has 1 N–H and O–H groups in total. The van der Waals surface area contributed by atoms with Gasteiger partial charge in [-0.1, -0.05) is 53.8 Å². The molecular weight excluding hydrogens is 400 g/mol. The van der Waals surface area contributed by atoms with Crippen molar-refractivity contribution >= 4 is 28.3 Å². The minimum absolute atomic E-state index is 0.0555. The number of carbonyl (C=O) groups excluding carboxylic acids is 2. The van der Waals surface area contributed by atoms with Crippen LogP contribution in [0.2, 0.25) is 0 Å². The minimum Gasteiger partial charge on any atom is -0.497 e. The van der Waals surface area contributed by atoms with Crippen LogP contribution in [0.15, 0.2) is 54.6 Å². The second-order valence-corrected chi connectivity index (χ2v) is 8.02. The third-order valence-electron chi connectivity index (χ3n) is 5.07. The molecule has 154 valence electrons. The predicted octanol–water partition coefficient (Wildman–Crippen LogP) is 3.39. The third-order valence-corrected chi connectivity index (χ3v) is 5.95. The lowest BCUT2D eigenvalue weighted by atomic mass is 10.1. The lowest BCUT2D eigenvalue weighted by Gasteiger charge is -2.23. The van der Waals surface area contributed by atoms with Crippen molar-refractivity contribution in [2.24, 2.45) is 0 Å². The maximum absolute atomic E-state index is 12.8. The number of amides is 2. The van der Waals surface area contributed by atoms with Crippen molar-refractivity contribution in [3.05, 3.63) is 60.2 Å². The van der Waals surface area contributed by atoms with Crippen molar-refractivity contribution in [1.82, 2.24) is 15.1 Å². The van der Waals surface area contributed by atoms with Crippen LogP contribution in [0.5, 0.6) is 5.75 Å². The van der Waals surface area contributed by atoms with E-state index in [1.54, 1.807) is 12.0 Å². The maximum Gasteiger partial charge on any atom is 0.249 e. The lowest BCUT2D eigenvalue weighted by molar-refractivity contribution is -0.136. The number of carbonyl (C=O) groups is 2. The molecule has 0 saturated carbocycles. The minimum atomic E-state index is -0.486. The van der Waals surface area contributed by atoms with Crippen LogP contribution in [-0.2, 0) is 16.0 Å². The molecule has 0 aliphatic carbocycles. The van der Waals surface area contributed by atoms with Crippen LogP contribution in [0.1, 0.15) is 18.4 Å². The summed E-state index contributed by atoms with van der Waals surface area (Å²) < 4.78 is 5.15. The maximum atomic E-state index is 12.8. The molecule has 2 aromatic carbocycles. The van der Waals surface area contributed by atoms with Gasteiger partial charge in [-0.3, -0.25) is 14.9 Å². The van der Waals surface area contributed by atoms with E-state index >= 15 is 0 Å². The van der Waals surface area contributed by atoms with E-state index in [0.717, 1.165) is 28.3 Å². The van der Waals surface area contributed by atoms with Gasteiger partial charge in [-0.25, -0.2) is 0 Å². The molecule has 4 rings (SSSR count). The second-order valence-electron chi connectivity index (χ2n) is 7.04. The summed E-state index contributed by atoms with van der Waals surface area (Å²) in [6.07, 6.45) is 1.70. The van der Waals surface area contributed by atoms with Gasteiger partial charge in [0.1, 0.15) is 16.8 Å². The standard InChI is InChI=1S/C22H22N4O3S/c1-29-17-11-9-15(10-12-17)14-19(27)26-13-5-8-18(26)20(28)23-22-25-24-21(30-22)16-6-3-2-4-7-16/h2-4,6-7,9-12,18H,5,8,13-14H2,1H3,(H,23,25,28). The average molecular weight is 423 g/mol. The first kappa shape index (κ1) is 20.0. The monoisotopic (exact) mass is 422 g/mol. The van der Waals surface area contributed by atoms with Crippen LogP contribution >= 0.6 is 11.3 Å². The summed E-state index contributed by atoms with van der Waals surface area (Å²) >= 11 is 1.32. The Morgan fingerprint density at radius 3 is 2.63 bits per heavy atom. The molecule has 7 nitrogen and oxygen atoms in total. The van der Waals surface area contributed by atoms with Gasteiger partial charge in [0.15, 0.2) is 0 Å². The average Bonchev–Trinajstić information content (AvgIpc) is 3.45. The number of hydrogen-bond acceptors (Lipinski definition) is 6. The van der Waals surface area contributed by atoms with E-state index in [9.17, 15) is 9.59 Å². The molecule has 1 aliphatic rings. The number of aromatic nitrogens is 2. The van der Waals surface area contributed by atoms with E-state index in [0.29, 0.717) is 18.1 Å². The number of methoxy groups -OCH3 is 1. The van der Waals surface area contributed by atoms with Crippen LogP contribution < -0.4 is 10.1 Å². The van der Waals surface area contributed by atoms with Gasteiger partial charge >= 0.3 is 0 Å². The van der Waals surface area contributed by atoms with Crippen LogP contribution in [0.4, 0.5) is 5.13 Å². The first-order valence-electron chi connectivity index (χ1n) is 9.76. The number of rotatable bonds is 6. The zero-order valence-electron chi connectivity index (χ0n) is 16.6. The normalized spacial score (nSPS) is 15.8. The zero-order valence-corrected chi connectivity index (χ0v) is 17.4. The Morgan fingerprint density at radius 1 is 1.13 bits per heavy atom. The number of hydrogen-bond donors (Lipinski definition) is 1. The Bertz CT molecular complexity index is 1020. The van der Waals surface area contributed by atoms with Gasteiger partial charge < -0.3 is 9.64 Å². The number of nitrogens with one attached hydrogen (secondary N) is 1. The summed E-state index contributed by atoms with van der Waals surface area (Å²) in [7, 11) is 1.61.